The molecule has 0 unspecified atom stereocenters. The predicted molar refractivity (Wildman–Crippen MR) is 115 cm³/mol. The highest BCUT2D eigenvalue weighted by Crippen LogP contribution is 2.24. The van der Waals surface area contributed by atoms with Crippen LogP contribution in [0.5, 0.6) is 0 Å². The zero-order valence-electron chi connectivity index (χ0n) is 16.3. The molecule has 0 radical (unpaired) electrons. The SMILES string of the molecule is CN(C)c1cc(CNC(=O)c2cc(-c3ccncc3)nc3ccccc23)ccn1. The second-order valence-corrected chi connectivity index (χ2v) is 6.91. The maximum absolute atomic E-state index is 13.1. The molecule has 0 fully saturated rings. The smallest absolute Gasteiger partial charge is 0.252 e. The van der Waals surface area contributed by atoms with Gasteiger partial charge in [-0.25, -0.2) is 9.97 Å². The van der Waals surface area contributed by atoms with Gasteiger partial charge in [-0.15, -0.1) is 0 Å². The van der Waals surface area contributed by atoms with E-state index in [2.05, 4.69) is 15.3 Å². The van der Waals surface area contributed by atoms with E-state index in [1.165, 1.54) is 0 Å². The molecule has 1 N–H and O–H groups in total. The van der Waals surface area contributed by atoms with Crippen LogP contribution in [0.1, 0.15) is 15.9 Å². The van der Waals surface area contributed by atoms with Crippen molar-refractivity contribution in [1.29, 1.82) is 0 Å². The summed E-state index contributed by atoms with van der Waals surface area (Å²) in [5.74, 6) is 0.716. The third-order valence-corrected chi connectivity index (χ3v) is 4.66. The van der Waals surface area contributed by atoms with Gasteiger partial charge >= 0.3 is 0 Å². The summed E-state index contributed by atoms with van der Waals surface area (Å²) in [7, 11) is 3.88. The van der Waals surface area contributed by atoms with E-state index in [1.54, 1.807) is 18.6 Å². The van der Waals surface area contributed by atoms with Gasteiger partial charge in [0.1, 0.15) is 5.82 Å². The number of carbonyl (C=O) groups is 1. The summed E-state index contributed by atoms with van der Waals surface area (Å²) < 4.78 is 0. The number of para-hydroxylation sites is 1. The van der Waals surface area contributed by atoms with Gasteiger partial charge in [0.05, 0.1) is 16.8 Å². The van der Waals surface area contributed by atoms with Gasteiger partial charge in [0.2, 0.25) is 0 Å². The number of rotatable bonds is 5. The summed E-state index contributed by atoms with van der Waals surface area (Å²) in [6.45, 7) is 0.420. The van der Waals surface area contributed by atoms with Crippen LogP contribution in [0.2, 0.25) is 0 Å². The largest absolute Gasteiger partial charge is 0.363 e. The van der Waals surface area contributed by atoms with Crippen LogP contribution < -0.4 is 10.2 Å². The fourth-order valence-corrected chi connectivity index (χ4v) is 3.13. The highest BCUT2D eigenvalue weighted by atomic mass is 16.1. The van der Waals surface area contributed by atoms with Crippen LogP contribution in [0.4, 0.5) is 5.82 Å². The topological polar surface area (TPSA) is 71.0 Å². The van der Waals surface area contributed by atoms with Crippen LogP contribution in [0.15, 0.2) is 73.2 Å². The van der Waals surface area contributed by atoms with Crippen molar-refractivity contribution in [3.63, 3.8) is 0 Å². The Hall–Kier alpha value is -3.80. The van der Waals surface area contributed by atoms with E-state index >= 15 is 0 Å². The van der Waals surface area contributed by atoms with E-state index in [4.69, 9.17) is 4.98 Å². The molecule has 0 bridgehead atoms. The van der Waals surface area contributed by atoms with Crippen LogP contribution in [0.3, 0.4) is 0 Å². The van der Waals surface area contributed by atoms with Crippen molar-refractivity contribution < 1.29 is 4.79 Å². The number of fused-ring (bicyclic) bond motifs is 1. The monoisotopic (exact) mass is 383 g/mol. The molecule has 0 saturated heterocycles. The summed E-state index contributed by atoms with van der Waals surface area (Å²) in [5.41, 5.74) is 4.04. The van der Waals surface area contributed by atoms with Gasteiger partial charge in [0.15, 0.2) is 0 Å². The molecule has 4 rings (SSSR count). The summed E-state index contributed by atoms with van der Waals surface area (Å²) in [5, 5.41) is 3.85. The Morgan fingerprint density at radius 3 is 2.59 bits per heavy atom. The predicted octanol–water partition coefficient (Wildman–Crippen LogP) is 3.69. The molecule has 1 amide bonds. The second-order valence-electron chi connectivity index (χ2n) is 6.91. The van der Waals surface area contributed by atoms with Gasteiger partial charge in [-0.3, -0.25) is 9.78 Å². The number of hydrogen-bond acceptors (Lipinski definition) is 5. The van der Waals surface area contributed by atoms with Gasteiger partial charge < -0.3 is 10.2 Å². The average Bonchev–Trinajstić information content (AvgIpc) is 2.77. The minimum absolute atomic E-state index is 0.137. The van der Waals surface area contributed by atoms with Crippen molar-refractivity contribution in [2.45, 2.75) is 6.54 Å². The first kappa shape index (κ1) is 18.6. The Balaban J connectivity index is 1.65. The highest BCUT2D eigenvalue weighted by Gasteiger charge is 2.14. The third-order valence-electron chi connectivity index (χ3n) is 4.66. The fraction of sp³-hybridized carbons (Fsp3) is 0.130. The number of aromatic nitrogens is 3. The van der Waals surface area contributed by atoms with Crippen LogP contribution in [-0.2, 0) is 6.54 Å². The molecule has 4 aromatic rings. The lowest BCUT2D eigenvalue weighted by atomic mass is 10.0. The van der Waals surface area contributed by atoms with Crippen LogP contribution in [0.25, 0.3) is 22.2 Å². The zero-order chi connectivity index (χ0) is 20.2. The van der Waals surface area contributed by atoms with Crippen molar-refractivity contribution in [3.8, 4) is 11.3 Å². The molecule has 6 heteroatoms. The van der Waals surface area contributed by atoms with Crippen molar-refractivity contribution >= 4 is 22.6 Å². The number of hydrogen-bond donors (Lipinski definition) is 1. The number of nitrogens with one attached hydrogen (secondary N) is 1. The molecule has 6 nitrogen and oxygen atoms in total. The molecule has 1 aromatic carbocycles. The first-order valence-corrected chi connectivity index (χ1v) is 9.32. The van der Waals surface area contributed by atoms with Gasteiger partial charge in [-0.2, -0.15) is 0 Å². The number of pyridine rings is 3. The maximum atomic E-state index is 13.1. The summed E-state index contributed by atoms with van der Waals surface area (Å²) >= 11 is 0. The van der Waals surface area contributed by atoms with Crippen molar-refractivity contribution in [3.05, 3.63) is 84.3 Å². The molecule has 0 aliphatic rings. The average molecular weight is 383 g/mol. The maximum Gasteiger partial charge on any atom is 0.252 e. The van der Waals surface area contributed by atoms with Crippen molar-refractivity contribution in [2.75, 3.05) is 19.0 Å². The van der Waals surface area contributed by atoms with Gasteiger partial charge in [0.25, 0.3) is 5.91 Å². The lowest BCUT2D eigenvalue weighted by Gasteiger charge is -2.13. The first-order valence-electron chi connectivity index (χ1n) is 9.32. The quantitative estimate of drug-likeness (QED) is 0.569. The van der Waals surface area contributed by atoms with Gasteiger partial charge in [-0.05, 0) is 42.0 Å². The van der Waals surface area contributed by atoms with E-state index in [9.17, 15) is 4.79 Å². The van der Waals surface area contributed by atoms with Gasteiger partial charge in [-0.1, -0.05) is 18.2 Å². The van der Waals surface area contributed by atoms with E-state index in [0.717, 1.165) is 33.5 Å². The molecule has 3 heterocycles. The number of amides is 1. The Morgan fingerprint density at radius 1 is 1.00 bits per heavy atom. The normalized spacial score (nSPS) is 10.7. The molecular formula is C23H21N5O. The van der Waals surface area contributed by atoms with Crippen molar-refractivity contribution in [2.24, 2.45) is 0 Å². The Bertz CT molecular complexity index is 1160. The minimum atomic E-state index is -0.137. The first-order chi connectivity index (χ1) is 14.1. The van der Waals surface area contributed by atoms with Gasteiger partial charge in [0, 0.05) is 50.2 Å². The Morgan fingerprint density at radius 2 is 1.79 bits per heavy atom. The van der Waals surface area contributed by atoms with Crippen LogP contribution in [0, 0.1) is 0 Å². The zero-order valence-corrected chi connectivity index (χ0v) is 16.3. The lowest BCUT2D eigenvalue weighted by Crippen LogP contribution is -2.23. The van der Waals surface area contributed by atoms with Crippen LogP contribution >= 0.6 is 0 Å². The highest BCUT2D eigenvalue weighted by molar-refractivity contribution is 6.07. The van der Waals surface area contributed by atoms with E-state index in [1.807, 2.05) is 73.6 Å². The standard InChI is InChI=1S/C23H21N5O/c1-28(2)22-13-16(7-12-25-22)15-26-23(29)19-14-21(17-8-10-24-11-9-17)27-20-6-4-3-5-18(19)20/h3-14H,15H2,1-2H3,(H,26,29). The fourth-order valence-electron chi connectivity index (χ4n) is 3.13. The number of nitrogens with zero attached hydrogens (tertiary/aromatic N) is 4. The van der Waals surface area contributed by atoms with E-state index in [0.29, 0.717) is 12.1 Å². The van der Waals surface area contributed by atoms with E-state index < -0.39 is 0 Å². The minimum Gasteiger partial charge on any atom is -0.363 e. The number of carbonyl (C=O) groups excluding carboxylic acids is 1. The number of anilines is 1. The van der Waals surface area contributed by atoms with Crippen molar-refractivity contribution in [1.82, 2.24) is 20.3 Å². The van der Waals surface area contributed by atoms with Crippen LogP contribution in [-0.4, -0.2) is 35.0 Å². The molecule has 29 heavy (non-hydrogen) atoms. The Labute approximate surface area is 169 Å². The molecule has 0 aliphatic carbocycles. The summed E-state index contributed by atoms with van der Waals surface area (Å²) in [4.78, 5) is 28.1. The molecule has 3 aromatic heterocycles. The van der Waals surface area contributed by atoms with E-state index in [-0.39, 0.29) is 5.91 Å². The molecule has 0 saturated carbocycles. The molecule has 0 aliphatic heterocycles. The summed E-state index contributed by atoms with van der Waals surface area (Å²) in [6, 6.07) is 17.2. The Kier molecular flexibility index (Phi) is 5.16. The lowest BCUT2D eigenvalue weighted by molar-refractivity contribution is 0.0952. The molecule has 144 valence electrons. The molecular weight excluding hydrogens is 362 g/mol. The summed E-state index contributed by atoms with van der Waals surface area (Å²) in [6.07, 6.45) is 5.19. The number of benzene rings is 1. The second kappa shape index (κ2) is 8.06. The third kappa shape index (κ3) is 4.06. The molecule has 0 spiro atoms. The molecule has 0 atom stereocenters.